The van der Waals surface area contributed by atoms with Gasteiger partial charge in [-0.15, -0.1) is 0 Å². The zero-order valence-electron chi connectivity index (χ0n) is 9.28. The second-order valence-electron chi connectivity index (χ2n) is 4.82. The van der Waals surface area contributed by atoms with Crippen molar-refractivity contribution in [2.24, 2.45) is 5.92 Å². The van der Waals surface area contributed by atoms with Gasteiger partial charge in [0.25, 0.3) is 0 Å². The van der Waals surface area contributed by atoms with Gasteiger partial charge in [-0.3, -0.25) is 0 Å². The Morgan fingerprint density at radius 2 is 2.14 bits per heavy atom. The molecule has 0 bridgehead atoms. The molecule has 1 rings (SSSR count). The number of hydrogen-bond acceptors (Lipinski definition) is 3. The van der Waals surface area contributed by atoms with E-state index in [-0.39, 0.29) is 24.7 Å². The molecule has 0 radical (unpaired) electrons. The Bertz CT molecular complexity index is 222. The number of hydrogen-bond donors (Lipinski definition) is 1. The van der Waals surface area contributed by atoms with Crippen molar-refractivity contribution >= 4 is 6.09 Å². The zero-order valence-corrected chi connectivity index (χ0v) is 9.28. The molecule has 1 aliphatic heterocycles. The Labute approximate surface area is 84.8 Å². The first-order valence-electron chi connectivity index (χ1n) is 4.95. The van der Waals surface area contributed by atoms with Gasteiger partial charge in [0.2, 0.25) is 0 Å². The van der Waals surface area contributed by atoms with Crippen molar-refractivity contribution in [1.82, 2.24) is 4.90 Å². The Morgan fingerprint density at radius 3 is 2.50 bits per heavy atom. The van der Waals surface area contributed by atoms with E-state index in [2.05, 4.69) is 0 Å². The van der Waals surface area contributed by atoms with Gasteiger partial charge in [0.05, 0.1) is 0 Å². The number of aliphatic hydroxyl groups excluding tert-OH is 1. The highest BCUT2D eigenvalue weighted by atomic mass is 16.6. The van der Waals surface area contributed by atoms with Crippen LogP contribution in [0, 0.1) is 5.92 Å². The molecule has 14 heavy (non-hydrogen) atoms. The molecule has 0 saturated carbocycles. The van der Waals surface area contributed by atoms with Gasteiger partial charge in [0.1, 0.15) is 5.60 Å². The highest BCUT2D eigenvalue weighted by molar-refractivity contribution is 5.69. The van der Waals surface area contributed by atoms with E-state index in [0.29, 0.717) is 6.54 Å². The highest BCUT2D eigenvalue weighted by Crippen LogP contribution is 2.25. The third-order valence-corrected chi connectivity index (χ3v) is 2.47. The van der Waals surface area contributed by atoms with Crippen molar-refractivity contribution in [1.29, 1.82) is 0 Å². The molecule has 0 aromatic rings. The summed E-state index contributed by atoms with van der Waals surface area (Å²) in [4.78, 5) is 13.2. The van der Waals surface area contributed by atoms with Crippen LogP contribution < -0.4 is 0 Å². The Balaban J connectivity index is 2.42. The Morgan fingerprint density at radius 1 is 1.57 bits per heavy atom. The molecule has 1 aliphatic rings. The molecule has 0 aromatic carbocycles. The SMILES string of the molecule is C[C@@H]1C(CO)CN1C(=O)OC(C)(C)C. The molecule has 1 fully saturated rings. The van der Waals surface area contributed by atoms with Crippen LogP contribution in [0.3, 0.4) is 0 Å². The van der Waals surface area contributed by atoms with Gasteiger partial charge in [0.15, 0.2) is 0 Å². The fraction of sp³-hybridized carbons (Fsp3) is 0.900. The number of rotatable bonds is 1. The highest BCUT2D eigenvalue weighted by Gasteiger charge is 2.40. The largest absolute Gasteiger partial charge is 0.444 e. The maximum Gasteiger partial charge on any atom is 0.410 e. The van der Waals surface area contributed by atoms with E-state index < -0.39 is 5.60 Å². The molecule has 1 N–H and O–H groups in total. The summed E-state index contributed by atoms with van der Waals surface area (Å²) in [6.45, 7) is 8.21. The van der Waals surface area contributed by atoms with Gasteiger partial charge in [0, 0.05) is 25.1 Å². The first-order chi connectivity index (χ1) is 6.35. The lowest BCUT2D eigenvalue weighted by Gasteiger charge is -2.45. The van der Waals surface area contributed by atoms with Crippen LogP contribution in [-0.4, -0.2) is 40.9 Å². The van der Waals surface area contributed by atoms with Gasteiger partial charge < -0.3 is 14.7 Å². The summed E-state index contributed by atoms with van der Waals surface area (Å²) < 4.78 is 5.21. The summed E-state index contributed by atoms with van der Waals surface area (Å²) in [5.41, 5.74) is -0.443. The second kappa shape index (κ2) is 3.77. The van der Waals surface area contributed by atoms with Gasteiger partial charge in [-0.25, -0.2) is 4.79 Å². The van der Waals surface area contributed by atoms with Crippen molar-refractivity contribution in [2.75, 3.05) is 13.2 Å². The van der Waals surface area contributed by atoms with E-state index in [0.717, 1.165) is 0 Å². The minimum atomic E-state index is -0.443. The zero-order chi connectivity index (χ0) is 10.9. The average Bonchev–Trinajstić information content (AvgIpc) is 1.99. The molecular formula is C10H19NO3. The maximum atomic E-state index is 11.5. The van der Waals surface area contributed by atoms with Crippen LogP contribution in [0.1, 0.15) is 27.7 Å². The maximum absolute atomic E-state index is 11.5. The lowest BCUT2D eigenvalue weighted by molar-refractivity contribution is -0.0372. The molecule has 0 aliphatic carbocycles. The Hall–Kier alpha value is -0.770. The van der Waals surface area contributed by atoms with Crippen molar-refractivity contribution in [2.45, 2.75) is 39.3 Å². The summed E-state index contributed by atoms with van der Waals surface area (Å²) >= 11 is 0. The summed E-state index contributed by atoms with van der Waals surface area (Å²) in [6, 6.07) is 0.0925. The minimum Gasteiger partial charge on any atom is -0.444 e. The molecule has 4 heteroatoms. The smallest absolute Gasteiger partial charge is 0.410 e. The summed E-state index contributed by atoms with van der Waals surface area (Å²) in [5, 5.41) is 8.91. The summed E-state index contributed by atoms with van der Waals surface area (Å²) in [7, 11) is 0. The van der Waals surface area contributed by atoms with Gasteiger partial charge in [-0.05, 0) is 27.7 Å². The number of carbonyl (C=O) groups excluding carboxylic acids is 1. The van der Waals surface area contributed by atoms with Crippen molar-refractivity contribution in [3.63, 3.8) is 0 Å². The number of carbonyl (C=O) groups is 1. The van der Waals surface area contributed by atoms with E-state index >= 15 is 0 Å². The molecule has 82 valence electrons. The molecule has 1 unspecified atom stereocenters. The number of nitrogens with zero attached hydrogens (tertiary/aromatic N) is 1. The van der Waals surface area contributed by atoms with Crippen LogP contribution in [0.25, 0.3) is 0 Å². The third-order valence-electron chi connectivity index (χ3n) is 2.47. The van der Waals surface area contributed by atoms with Crippen LogP contribution in [0.5, 0.6) is 0 Å². The van der Waals surface area contributed by atoms with Gasteiger partial charge in [-0.1, -0.05) is 0 Å². The normalized spacial score (nSPS) is 27.1. The fourth-order valence-corrected chi connectivity index (χ4v) is 1.46. The number of ether oxygens (including phenoxy) is 1. The molecule has 0 aromatic heterocycles. The molecular weight excluding hydrogens is 182 g/mol. The molecule has 4 nitrogen and oxygen atoms in total. The fourth-order valence-electron chi connectivity index (χ4n) is 1.46. The molecule has 1 saturated heterocycles. The van der Waals surface area contributed by atoms with Crippen LogP contribution in [0.4, 0.5) is 4.79 Å². The average molecular weight is 201 g/mol. The first-order valence-corrected chi connectivity index (χ1v) is 4.95. The van der Waals surface area contributed by atoms with E-state index in [4.69, 9.17) is 9.84 Å². The Kier molecular flexibility index (Phi) is 3.04. The number of amides is 1. The van der Waals surface area contributed by atoms with E-state index in [1.54, 1.807) is 4.90 Å². The molecule has 1 heterocycles. The van der Waals surface area contributed by atoms with Crippen molar-refractivity contribution in [3.8, 4) is 0 Å². The van der Waals surface area contributed by atoms with Crippen LogP contribution in [0.15, 0.2) is 0 Å². The molecule has 2 atom stereocenters. The van der Waals surface area contributed by atoms with E-state index in [1.807, 2.05) is 27.7 Å². The van der Waals surface area contributed by atoms with Gasteiger partial charge in [-0.2, -0.15) is 0 Å². The first kappa shape index (κ1) is 11.3. The minimum absolute atomic E-state index is 0.0925. The predicted octanol–water partition coefficient (Wildman–Crippen LogP) is 1.23. The second-order valence-corrected chi connectivity index (χ2v) is 4.82. The molecule has 0 spiro atoms. The van der Waals surface area contributed by atoms with E-state index in [1.165, 1.54) is 0 Å². The van der Waals surface area contributed by atoms with Crippen LogP contribution >= 0.6 is 0 Å². The van der Waals surface area contributed by atoms with E-state index in [9.17, 15) is 4.79 Å². The number of aliphatic hydroxyl groups is 1. The summed E-state index contributed by atoms with van der Waals surface area (Å²) in [5.74, 6) is 0.211. The van der Waals surface area contributed by atoms with Crippen molar-refractivity contribution < 1.29 is 14.6 Å². The lowest BCUT2D eigenvalue weighted by atomic mass is 9.91. The van der Waals surface area contributed by atoms with Gasteiger partial charge >= 0.3 is 6.09 Å². The topological polar surface area (TPSA) is 49.8 Å². The number of likely N-dealkylation sites (tertiary alicyclic amines) is 1. The molecule has 1 amide bonds. The monoisotopic (exact) mass is 201 g/mol. The predicted molar refractivity (Wildman–Crippen MR) is 53.0 cm³/mol. The van der Waals surface area contributed by atoms with Crippen LogP contribution in [-0.2, 0) is 4.74 Å². The van der Waals surface area contributed by atoms with Crippen molar-refractivity contribution in [3.05, 3.63) is 0 Å². The third kappa shape index (κ3) is 2.38. The lowest BCUT2D eigenvalue weighted by Crippen LogP contribution is -2.59. The van der Waals surface area contributed by atoms with Crippen LogP contribution in [0.2, 0.25) is 0 Å². The quantitative estimate of drug-likeness (QED) is 0.694. The summed E-state index contributed by atoms with van der Waals surface area (Å²) in [6.07, 6.45) is -0.283. The standard InChI is InChI=1S/C10H19NO3/c1-7-8(6-12)5-11(7)9(13)14-10(2,3)4/h7-8,12H,5-6H2,1-4H3/t7-,8?/m1/s1.